The second kappa shape index (κ2) is 5.29. The highest BCUT2D eigenvalue weighted by Gasteiger charge is 2.20. The lowest BCUT2D eigenvalue weighted by atomic mass is 10.00. The Hall–Kier alpha value is -1.80. The average Bonchev–Trinajstić information content (AvgIpc) is 2.80. The Labute approximate surface area is 123 Å². The smallest absolute Gasteiger partial charge is 0.167 e. The minimum absolute atomic E-state index is 0.120. The average molecular weight is 287 g/mol. The van der Waals surface area contributed by atoms with Crippen LogP contribution in [0.15, 0.2) is 42.5 Å². The highest BCUT2D eigenvalue weighted by molar-refractivity contribution is 6.30. The number of carbonyl (C=O) groups excluding carboxylic acids is 1. The second-order valence-electron chi connectivity index (χ2n) is 5.18. The van der Waals surface area contributed by atoms with Gasteiger partial charge < -0.3 is 4.74 Å². The van der Waals surface area contributed by atoms with Crippen LogP contribution in [-0.4, -0.2) is 11.9 Å². The maximum absolute atomic E-state index is 12.3. The van der Waals surface area contributed by atoms with E-state index in [-0.39, 0.29) is 11.9 Å². The molecule has 3 rings (SSSR count). The van der Waals surface area contributed by atoms with Gasteiger partial charge >= 0.3 is 0 Å². The molecule has 0 radical (unpaired) electrons. The molecule has 2 nitrogen and oxygen atoms in total. The summed E-state index contributed by atoms with van der Waals surface area (Å²) in [6.07, 6.45) is 1.47. The first-order chi connectivity index (χ1) is 9.61. The number of hydrogen-bond acceptors (Lipinski definition) is 2. The van der Waals surface area contributed by atoms with E-state index in [0.29, 0.717) is 11.4 Å². The van der Waals surface area contributed by atoms with Crippen LogP contribution in [0.5, 0.6) is 5.75 Å². The Balaban J connectivity index is 1.78. The van der Waals surface area contributed by atoms with Gasteiger partial charge in [-0.15, -0.1) is 0 Å². The number of ether oxygens (including phenoxy) is 1. The summed E-state index contributed by atoms with van der Waals surface area (Å²) in [7, 11) is 0. The van der Waals surface area contributed by atoms with Gasteiger partial charge in [0.25, 0.3) is 0 Å². The molecule has 0 aliphatic carbocycles. The summed E-state index contributed by atoms with van der Waals surface area (Å²) in [5.41, 5.74) is 2.85. The molecule has 1 unspecified atom stereocenters. The fourth-order valence-electron chi connectivity index (χ4n) is 2.49. The minimum Gasteiger partial charge on any atom is -0.490 e. The first-order valence-electron chi connectivity index (χ1n) is 6.69. The molecule has 3 heteroatoms. The number of carbonyl (C=O) groups is 1. The number of benzene rings is 2. The maximum Gasteiger partial charge on any atom is 0.167 e. The molecule has 0 amide bonds. The van der Waals surface area contributed by atoms with Gasteiger partial charge in [0.05, 0.1) is 0 Å². The van der Waals surface area contributed by atoms with Crippen molar-refractivity contribution in [2.24, 2.45) is 0 Å². The SMILES string of the molecule is CC1Cc2cc(C(=O)Cc3ccc(Cl)cc3)ccc2O1. The van der Waals surface area contributed by atoms with Crippen LogP contribution in [0, 0.1) is 0 Å². The minimum atomic E-state index is 0.120. The molecular formula is C17H15ClO2. The molecule has 0 fully saturated rings. The van der Waals surface area contributed by atoms with E-state index in [1.807, 2.05) is 49.4 Å². The fourth-order valence-corrected chi connectivity index (χ4v) is 2.61. The van der Waals surface area contributed by atoms with Gasteiger partial charge in [0.15, 0.2) is 5.78 Å². The van der Waals surface area contributed by atoms with Crippen LogP contribution >= 0.6 is 11.6 Å². The summed E-state index contributed by atoms with van der Waals surface area (Å²) in [6.45, 7) is 2.04. The van der Waals surface area contributed by atoms with Crippen LogP contribution in [0.4, 0.5) is 0 Å². The van der Waals surface area contributed by atoms with E-state index in [2.05, 4.69) is 0 Å². The van der Waals surface area contributed by atoms with Crippen molar-refractivity contribution in [2.75, 3.05) is 0 Å². The zero-order chi connectivity index (χ0) is 14.1. The van der Waals surface area contributed by atoms with E-state index in [0.717, 1.165) is 28.9 Å². The molecule has 0 bridgehead atoms. The van der Waals surface area contributed by atoms with Crippen molar-refractivity contribution < 1.29 is 9.53 Å². The predicted molar refractivity (Wildman–Crippen MR) is 79.7 cm³/mol. The number of Topliss-reactive ketones (excluding diaryl/α,β-unsaturated/α-hetero) is 1. The van der Waals surface area contributed by atoms with Crippen LogP contribution in [0.25, 0.3) is 0 Å². The number of rotatable bonds is 3. The summed E-state index contributed by atoms with van der Waals surface area (Å²) >= 11 is 5.84. The summed E-state index contributed by atoms with van der Waals surface area (Å²) in [5, 5.41) is 0.685. The van der Waals surface area contributed by atoms with Crippen LogP contribution in [0.2, 0.25) is 5.02 Å². The van der Waals surface area contributed by atoms with Crippen molar-refractivity contribution in [1.82, 2.24) is 0 Å². The van der Waals surface area contributed by atoms with Crippen LogP contribution in [-0.2, 0) is 12.8 Å². The zero-order valence-electron chi connectivity index (χ0n) is 11.2. The van der Waals surface area contributed by atoms with Gasteiger partial charge in [-0.2, -0.15) is 0 Å². The van der Waals surface area contributed by atoms with Crippen LogP contribution < -0.4 is 4.74 Å². The molecule has 0 spiro atoms. The van der Waals surface area contributed by atoms with Crippen LogP contribution in [0.3, 0.4) is 0 Å². The van der Waals surface area contributed by atoms with Crippen molar-refractivity contribution in [3.05, 3.63) is 64.2 Å². The van der Waals surface area contributed by atoms with E-state index in [9.17, 15) is 4.79 Å². The van der Waals surface area contributed by atoms with Gasteiger partial charge in [-0.05, 0) is 48.4 Å². The molecule has 0 saturated heterocycles. The van der Waals surface area contributed by atoms with E-state index >= 15 is 0 Å². The summed E-state index contributed by atoms with van der Waals surface area (Å²) in [6, 6.07) is 13.1. The van der Waals surface area contributed by atoms with Gasteiger partial charge in [0.1, 0.15) is 11.9 Å². The summed E-state index contributed by atoms with van der Waals surface area (Å²) < 4.78 is 5.65. The van der Waals surface area contributed by atoms with Gasteiger partial charge in [-0.25, -0.2) is 0 Å². The molecule has 1 atom stereocenters. The lowest BCUT2D eigenvalue weighted by molar-refractivity contribution is 0.0993. The highest BCUT2D eigenvalue weighted by atomic mass is 35.5. The highest BCUT2D eigenvalue weighted by Crippen LogP contribution is 2.29. The number of halogens is 1. The van der Waals surface area contributed by atoms with Gasteiger partial charge in [0.2, 0.25) is 0 Å². The first kappa shape index (κ1) is 13.2. The molecule has 2 aromatic rings. The molecule has 1 aliphatic rings. The molecule has 102 valence electrons. The fraction of sp³-hybridized carbons (Fsp3) is 0.235. The number of fused-ring (bicyclic) bond motifs is 1. The molecular weight excluding hydrogens is 272 g/mol. The molecule has 2 aromatic carbocycles. The molecule has 1 heterocycles. The Kier molecular flexibility index (Phi) is 3.49. The Morgan fingerprint density at radius 1 is 1.25 bits per heavy atom. The Morgan fingerprint density at radius 3 is 2.75 bits per heavy atom. The topological polar surface area (TPSA) is 26.3 Å². The van der Waals surface area contributed by atoms with Gasteiger partial charge in [-0.1, -0.05) is 23.7 Å². The standard InChI is InChI=1S/C17H15ClO2/c1-11-8-14-10-13(4-7-17(14)20-11)16(19)9-12-2-5-15(18)6-3-12/h2-7,10-11H,8-9H2,1H3. The predicted octanol–water partition coefficient (Wildman–Crippen LogP) is 4.09. The molecule has 0 saturated carbocycles. The molecule has 0 aromatic heterocycles. The van der Waals surface area contributed by atoms with Crippen molar-refractivity contribution >= 4 is 17.4 Å². The molecule has 1 aliphatic heterocycles. The van der Waals surface area contributed by atoms with E-state index < -0.39 is 0 Å². The zero-order valence-corrected chi connectivity index (χ0v) is 12.0. The van der Waals surface area contributed by atoms with Crippen molar-refractivity contribution in [3.8, 4) is 5.75 Å². The van der Waals surface area contributed by atoms with E-state index in [1.165, 1.54) is 0 Å². The molecule has 20 heavy (non-hydrogen) atoms. The van der Waals surface area contributed by atoms with Crippen molar-refractivity contribution in [2.45, 2.75) is 25.9 Å². The largest absolute Gasteiger partial charge is 0.490 e. The summed E-state index contributed by atoms with van der Waals surface area (Å²) in [4.78, 5) is 12.3. The van der Waals surface area contributed by atoms with Crippen molar-refractivity contribution in [3.63, 3.8) is 0 Å². The summed E-state index contributed by atoms with van der Waals surface area (Å²) in [5.74, 6) is 1.02. The Bertz CT molecular complexity index is 647. The van der Waals surface area contributed by atoms with E-state index in [1.54, 1.807) is 0 Å². The normalized spacial score (nSPS) is 16.6. The van der Waals surface area contributed by atoms with Gasteiger partial charge in [-0.3, -0.25) is 4.79 Å². The van der Waals surface area contributed by atoms with Gasteiger partial charge in [0, 0.05) is 23.4 Å². The van der Waals surface area contributed by atoms with Crippen LogP contribution in [0.1, 0.15) is 28.4 Å². The van der Waals surface area contributed by atoms with Crippen molar-refractivity contribution in [1.29, 1.82) is 0 Å². The lowest BCUT2D eigenvalue weighted by Gasteiger charge is -2.04. The maximum atomic E-state index is 12.3. The van der Waals surface area contributed by atoms with E-state index in [4.69, 9.17) is 16.3 Å². The Morgan fingerprint density at radius 2 is 2.00 bits per heavy atom. The number of hydrogen-bond donors (Lipinski definition) is 0. The third kappa shape index (κ3) is 2.70. The first-order valence-corrected chi connectivity index (χ1v) is 7.07. The molecule has 0 N–H and O–H groups in total. The number of ketones is 1. The monoisotopic (exact) mass is 286 g/mol. The third-order valence-electron chi connectivity index (χ3n) is 3.50. The lowest BCUT2D eigenvalue weighted by Crippen LogP contribution is -2.05. The third-order valence-corrected chi connectivity index (χ3v) is 3.75. The second-order valence-corrected chi connectivity index (χ2v) is 5.62. The quantitative estimate of drug-likeness (QED) is 0.795.